The average molecular weight is 577 g/mol. The lowest BCUT2D eigenvalue weighted by atomic mass is 10.1. The summed E-state index contributed by atoms with van der Waals surface area (Å²) in [5, 5.41) is 9.11. The molecule has 4 aromatic carbocycles. The standard InChI is InChI=1S/C27H16INO6/c28-17-4-6-18(7-5-17)29-25(30)23-13-12-22(15-24(23)26(29)31)35-20-10-8-19(9-11-20)34-21-3-1-2-16(14-21)27(32)33/h1-15H,(H,32,33). The molecule has 0 fully saturated rings. The maximum atomic E-state index is 13.0. The first kappa shape index (κ1) is 22.6. The van der Waals surface area contributed by atoms with Crippen LogP contribution < -0.4 is 14.4 Å². The summed E-state index contributed by atoms with van der Waals surface area (Å²) in [5.41, 5.74) is 1.26. The highest BCUT2D eigenvalue weighted by molar-refractivity contribution is 14.1. The third kappa shape index (κ3) is 4.60. The van der Waals surface area contributed by atoms with Crippen LogP contribution in [-0.2, 0) is 0 Å². The van der Waals surface area contributed by atoms with Crippen LogP contribution in [0.1, 0.15) is 31.1 Å². The van der Waals surface area contributed by atoms with Crippen LogP contribution in [0, 0.1) is 3.57 Å². The number of aromatic carboxylic acids is 1. The lowest BCUT2D eigenvalue weighted by Crippen LogP contribution is -2.29. The van der Waals surface area contributed by atoms with Crippen LogP contribution in [0.3, 0.4) is 0 Å². The molecule has 0 saturated carbocycles. The van der Waals surface area contributed by atoms with Crippen LogP contribution in [0.5, 0.6) is 23.0 Å². The van der Waals surface area contributed by atoms with E-state index < -0.39 is 11.9 Å². The fraction of sp³-hybridized carbons (Fsp3) is 0. The Balaban J connectivity index is 1.31. The Kier molecular flexibility index (Phi) is 5.96. The number of hydrogen-bond acceptors (Lipinski definition) is 5. The zero-order valence-corrected chi connectivity index (χ0v) is 20.1. The second kappa shape index (κ2) is 9.22. The summed E-state index contributed by atoms with van der Waals surface area (Å²) in [6.45, 7) is 0. The molecular weight excluding hydrogens is 561 g/mol. The highest BCUT2D eigenvalue weighted by Crippen LogP contribution is 2.33. The first-order valence-corrected chi connectivity index (χ1v) is 11.5. The third-order valence-corrected chi connectivity index (χ3v) is 6.04. The number of carboxylic acids is 1. The molecule has 2 amide bonds. The van der Waals surface area contributed by atoms with E-state index in [2.05, 4.69) is 22.6 Å². The van der Waals surface area contributed by atoms with E-state index in [9.17, 15) is 14.4 Å². The fourth-order valence-corrected chi connectivity index (χ4v) is 4.01. The summed E-state index contributed by atoms with van der Waals surface area (Å²) in [6, 6.07) is 24.9. The molecule has 0 radical (unpaired) electrons. The summed E-state index contributed by atoms with van der Waals surface area (Å²) in [5.74, 6) is 0.0199. The summed E-state index contributed by atoms with van der Waals surface area (Å²) in [7, 11) is 0. The molecule has 0 bridgehead atoms. The largest absolute Gasteiger partial charge is 0.478 e. The van der Waals surface area contributed by atoms with Gasteiger partial charge in [-0.3, -0.25) is 9.59 Å². The first-order chi connectivity index (χ1) is 16.9. The highest BCUT2D eigenvalue weighted by atomic mass is 127. The van der Waals surface area contributed by atoms with Crippen molar-refractivity contribution >= 4 is 46.1 Å². The molecule has 0 aliphatic carbocycles. The van der Waals surface area contributed by atoms with Gasteiger partial charge in [-0.15, -0.1) is 0 Å². The Bertz CT molecular complexity index is 1460. The van der Waals surface area contributed by atoms with Gasteiger partial charge in [-0.25, -0.2) is 9.69 Å². The number of nitrogens with zero attached hydrogens (tertiary/aromatic N) is 1. The van der Waals surface area contributed by atoms with Crippen molar-refractivity contribution in [2.75, 3.05) is 4.90 Å². The topological polar surface area (TPSA) is 93.1 Å². The maximum absolute atomic E-state index is 13.0. The molecule has 7 nitrogen and oxygen atoms in total. The van der Waals surface area contributed by atoms with E-state index in [-0.39, 0.29) is 17.0 Å². The van der Waals surface area contributed by atoms with E-state index in [0.29, 0.717) is 34.2 Å². The highest BCUT2D eigenvalue weighted by Gasteiger charge is 2.37. The Morgan fingerprint density at radius 2 is 1.26 bits per heavy atom. The molecule has 4 aromatic rings. The number of halogens is 1. The molecule has 5 rings (SSSR count). The number of ether oxygens (including phenoxy) is 2. The van der Waals surface area contributed by atoms with Gasteiger partial charge in [-0.1, -0.05) is 6.07 Å². The first-order valence-electron chi connectivity index (χ1n) is 10.5. The summed E-state index contributed by atoms with van der Waals surface area (Å²) < 4.78 is 12.6. The van der Waals surface area contributed by atoms with Crippen LogP contribution in [0.15, 0.2) is 91.0 Å². The zero-order valence-electron chi connectivity index (χ0n) is 18.0. The van der Waals surface area contributed by atoms with Crippen LogP contribution in [0.2, 0.25) is 0 Å². The number of hydrogen-bond donors (Lipinski definition) is 1. The predicted molar refractivity (Wildman–Crippen MR) is 137 cm³/mol. The maximum Gasteiger partial charge on any atom is 0.335 e. The molecule has 0 aromatic heterocycles. The summed E-state index contributed by atoms with van der Waals surface area (Å²) in [6.07, 6.45) is 0. The minimum absolute atomic E-state index is 0.132. The molecule has 35 heavy (non-hydrogen) atoms. The van der Waals surface area contributed by atoms with E-state index in [1.807, 2.05) is 12.1 Å². The van der Waals surface area contributed by atoms with Gasteiger partial charge in [0.25, 0.3) is 11.8 Å². The van der Waals surface area contributed by atoms with Gasteiger partial charge in [-0.2, -0.15) is 0 Å². The van der Waals surface area contributed by atoms with Crippen molar-refractivity contribution in [1.29, 1.82) is 0 Å². The molecule has 172 valence electrons. The number of fused-ring (bicyclic) bond motifs is 1. The molecule has 1 aliphatic rings. The second-order valence-electron chi connectivity index (χ2n) is 7.64. The summed E-state index contributed by atoms with van der Waals surface area (Å²) >= 11 is 2.16. The smallest absolute Gasteiger partial charge is 0.335 e. The number of amides is 2. The SMILES string of the molecule is O=C(O)c1cccc(Oc2ccc(Oc3ccc4c(c3)C(=O)N(c3ccc(I)cc3)C4=O)cc2)c1. The number of carbonyl (C=O) groups is 3. The van der Waals surface area contributed by atoms with Crippen molar-refractivity contribution in [3.05, 3.63) is 111 Å². The van der Waals surface area contributed by atoms with Gasteiger partial charge in [-0.05, 0) is 108 Å². The minimum Gasteiger partial charge on any atom is -0.478 e. The predicted octanol–water partition coefficient (Wildman–Crippen LogP) is 6.37. The quantitative estimate of drug-likeness (QED) is 0.211. The van der Waals surface area contributed by atoms with Crippen molar-refractivity contribution in [1.82, 2.24) is 0 Å². The molecule has 1 N–H and O–H groups in total. The molecule has 1 heterocycles. The monoisotopic (exact) mass is 577 g/mol. The van der Waals surface area contributed by atoms with Gasteiger partial charge in [0.15, 0.2) is 0 Å². The number of carboxylic acid groups (broad SMARTS) is 1. The number of rotatable bonds is 6. The minimum atomic E-state index is -1.03. The Labute approximate surface area is 213 Å². The number of anilines is 1. The molecule has 8 heteroatoms. The molecule has 0 atom stereocenters. The van der Waals surface area contributed by atoms with Gasteiger partial charge < -0.3 is 14.6 Å². The van der Waals surface area contributed by atoms with E-state index in [1.54, 1.807) is 66.7 Å². The molecule has 1 aliphatic heterocycles. The Morgan fingerprint density at radius 1 is 0.686 bits per heavy atom. The van der Waals surface area contributed by atoms with Gasteiger partial charge in [0.1, 0.15) is 23.0 Å². The normalized spacial score (nSPS) is 12.4. The average Bonchev–Trinajstić information content (AvgIpc) is 3.10. The van der Waals surface area contributed by atoms with Gasteiger partial charge in [0, 0.05) is 3.57 Å². The van der Waals surface area contributed by atoms with Crippen LogP contribution in [0.25, 0.3) is 0 Å². The molecule has 0 saturated heterocycles. The lowest BCUT2D eigenvalue weighted by Gasteiger charge is -2.13. The fourth-order valence-electron chi connectivity index (χ4n) is 3.65. The van der Waals surface area contributed by atoms with Gasteiger partial charge in [0.05, 0.1) is 22.4 Å². The second-order valence-corrected chi connectivity index (χ2v) is 8.88. The third-order valence-electron chi connectivity index (χ3n) is 5.32. The lowest BCUT2D eigenvalue weighted by molar-refractivity contribution is 0.0695. The van der Waals surface area contributed by atoms with E-state index in [0.717, 1.165) is 8.47 Å². The molecular formula is C27H16INO6. The van der Waals surface area contributed by atoms with Crippen molar-refractivity contribution in [3.63, 3.8) is 0 Å². The van der Waals surface area contributed by atoms with E-state index in [4.69, 9.17) is 14.6 Å². The summed E-state index contributed by atoms with van der Waals surface area (Å²) in [4.78, 5) is 38.1. The Hall–Kier alpha value is -4.18. The number of imide groups is 1. The number of carbonyl (C=O) groups excluding carboxylic acids is 2. The Morgan fingerprint density at radius 3 is 1.89 bits per heavy atom. The van der Waals surface area contributed by atoms with Crippen molar-refractivity contribution in [2.45, 2.75) is 0 Å². The van der Waals surface area contributed by atoms with Crippen molar-refractivity contribution in [3.8, 4) is 23.0 Å². The zero-order chi connectivity index (χ0) is 24.5. The van der Waals surface area contributed by atoms with Gasteiger partial charge in [0.2, 0.25) is 0 Å². The number of benzene rings is 4. The van der Waals surface area contributed by atoms with Gasteiger partial charge >= 0.3 is 5.97 Å². The van der Waals surface area contributed by atoms with Crippen molar-refractivity contribution < 1.29 is 29.0 Å². The van der Waals surface area contributed by atoms with E-state index >= 15 is 0 Å². The van der Waals surface area contributed by atoms with Crippen LogP contribution in [-0.4, -0.2) is 22.9 Å². The molecule has 0 unspecified atom stereocenters. The van der Waals surface area contributed by atoms with E-state index in [1.165, 1.54) is 12.1 Å². The molecule has 0 spiro atoms. The van der Waals surface area contributed by atoms with Crippen LogP contribution >= 0.6 is 22.6 Å². The van der Waals surface area contributed by atoms with Crippen molar-refractivity contribution in [2.24, 2.45) is 0 Å². The van der Waals surface area contributed by atoms with Crippen LogP contribution in [0.4, 0.5) is 5.69 Å².